The minimum Gasteiger partial charge on any atom is -0.494 e. The summed E-state index contributed by atoms with van der Waals surface area (Å²) in [6, 6.07) is 6.25. The normalized spacial score (nSPS) is 17.7. The Bertz CT molecular complexity index is 1120. The molecule has 8 nitrogen and oxygen atoms in total. The number of nitrogens with one attached hydrogen (secondary N) is 1. The monoisotopic (exact) mass is 403 g/mol. The van der Waals surface area contributed by atoms with Crippen LogP contribution in [0.3, 0.4) is 0 Å². The average molecular weight is 403 g/mol. The van der Waals surface area contributed by atoms with Crippen LogP contribution < -0.4 is 19.9 Å². The van der Waals surface area contributed by atoms with Crippen LogP contribution in [0.5, 0.6) is 5.75 Å². The topological polar surface area (TPSA) is 71.3 Å². The van der Waals surface area contributed by atoms with E-state index in [1.807, 2.05) is 49.1 Å². The number of imidazole rings is 1. The zero-order valence-electron chi connectivity index (χ0n) is 17.5. The van der Waals surface area contributed by atoms with Crippen LogP contribution in [0.2, 0.25) is 0 Å². The molecule has 4 heterocycles. The molecular formula is C22H25N7O. The van der Waals surface area contributed by atoms with Gasteiger partial charge in [-0.15, -0.1) is 0 Å². The maximum atomic E-state index is 5.61. The van der Waals surface area contributed by atoms with Crippen LogP contribution in [-0.2, 0) is 0 Å². The Morgan fingerprint density at radius 1 is 1.23 bits per heavy atom. The lowest BCUT2D eigenvalue weighted by molar-refractivity contribution is 0.413. The molecule has 154 valence electrons. The quantitative estimate of drug-likeness (QED) is 0.713. The van der Waals surface area contributed by atoms with E-state index in [-0.39, 0.29) is 0 Å². The van der Waals surface area contributed by atoms with Crippen molar-refractivity contribution in [1.29, 1.82) is 0 Å². The molecule has 2 aromatic heterocycles. The molecule has 1 unspecified atom stereocenters. The molecule has 3 aromatic rings. The second-order valence-electron chi connectivity index (χ2n) is 7.74. The van der Waals surface area contributed by atoms with E-state index in [9.17, 15) is 0 Å². The molecule has 0 radical (unpaired) electrons. The van der Waals surface area contributed by atoms with Crippen molar-refractivity contribution in [3.63, 3.8) is 0 Å². The van der Waals surface area contributed by atoms with Gasteiger partial charge in [0.05, 0.1) is 37.1 Å². The third kappa shape index (κ3) is 2.96. The van der Waals surface area contributed by atoms with Gasteiger partial charge in [0, 0.05) is 37.2 Å². The van der Waals surface area contributed by atoms with Crippen molar-refractivity contribution in [1.82, 2.24) is 19.5 Å². The van der Waals surface area contributed by atoms with Crippen molar-refractivity contribution in [3.8, 4) is 11.4 Å². The van der Waals surface area contributed by atoms with E-state index in [1.54, 1.807) is 13.4 Å². The van der Waals surface area contributed by atoms with Crippen LogP contribution >= 0.6 is 0 Å². The van der Waals surface area contributed by atoms with Gasteiger partial charge in [-0.2, -0.15) is 4.98 Å². The fourth-order valence-corrected chi connectivity index (χ4v) is 4.27. The van der Waals surface area contributed by atoms with Gasteiger partial charge in [0.15, 0.2) is 5.82 Å². The first-order valence-electron chi connectivity index (χ1n) is 10.1. The highest BCUT2D eigenvalue weighted by Crippen LogP contribution is 2.41. The van der Waals surface area contributed by atoms with E-state index in [0.29, 0.717) is 12.0 Å². The summed E-state index contributed by atoms with van der Waals surface area (Å²) < 4.78 is 7.55. The largest absolute Gasteiger partial charge is 0.494 e. The van der Waals surface area contributed by atoms with E-state index in [2.05, 4.69) is 31.7 Å². The lowest BCUT2D eigenvalue weighted by atomic mass is 10.1. The molecule has 5 rings (SSSR count). The number of hydrogen-bond acceptors (Lipinski definition) is 7. The van der Waals surface area contributed by atoms with Gasteiger partial charge in [0.25, 0.3) is 0 Å². The van der Waals surface area contributed by atoms with Gasteiger partial charge in [-0.1, -0.05) is 6.58 Å². The van der Waals surface area contributed by atoms with Crippen LogP contribution in [0, 0.1) is 6.92 Å². The second kappa shape index (κ2) is 7.05. The zero-order valence-corrected chi connectivity index (χ0v) is 17.5. The van der Waals surface area contributed by atoms with Crippen LogP contribution in [0.25, 0.3) is 5.69 Å². The Morgan fingerprint density at radius 2 is 2.10 bits per heavy atom. The predicted octanol–water partition coefficient (Wildman–Crippen LogP) is 3.66. The first-order valence-corrected chi connectivity index (χ1v) is 10.1. The molecule has 1 saturated heterocycles. The Labute approximate surface area is 175 Å². The summed E-state index contributed by atoms with van der Waals surface area (Å²) >= 11 is 0. The number of anilines is 4. The number of hydrogen-bond donors (Lipinski definition) is 1. The molecule has 8 heteroatoms. The van der Waals surface area contributed by atoms with Crippen molar-refractivity contribution in [3.05, 3.63) is 54.9 Å². The lowest BCUT2D eigenvalue weighted by Crippen LogP contribution is -2.42. The molecule has 0 bridgehead atoms. The number of fused-ring (bicyclic) bond motifs is 3. The summed E-state index contributed by atoms with van der Waals surface area (Å²) in [6.45, 7) is 7.23. The van der Waals surface area contributed by atoms with Crippen molar-refractivity contribution in [2.45, 2.75) is 25.8 Å². The van der Waals surface area contributed by atoms with Crippen LogP contribution in [0.1, 0.15) is 18.5 Å². The number of rotatable bonds is 4. The summed E-state index contributed by atoms with van der Waals surface area (Å²) in [7, 11) is 3.70. The molecule has 1 atom stereocenters. The maximum absolute atomic E-state index is 5.61. The van der Waals surface area contributed by atoms with Crippen LogP contribution in [0.15, 0.2) is 49.2 Å². The molecule has 0 saturated carbocycles. The van der Waals surface area contributed by atoms with Gasteiger partial charge in [-0.3, -0.25) is 0 Å². The first kappa shape index (κ1) is 18.5. The third-order valence-corrected chi connectivity index (χ3v) is 5.88. The molecular weight excluding hydrogens is 378 g/mol. The smallest absolute Gasteiger partial charge is 0.229 e. The number of aryl methyl sites for hydroxylation is 1. The average Bonchev–Trinajstić information content (AvgIpc) is 3.41. The predicted molar refractivity (Wildman–Crippen MR) is 118 cm³/mol. The highest BCUT2D eigenvalue weighted by atomic mass is 16.5. The Kier molecular flexibility index (Phi) is 4.34. The van der Waals surface area contributed by atoms with Crippen molar-refractivity contribution in [2.75, 3.05) is 35.8 Å². The molecule has 1 fully saturated rings. The Morgan fingerprint density at radius 3 is 2.87 bits per heavy atom. The number of aromatic nitrogens is 4. The molecule has 0 aliphatic carbocycles. The summed E-state index contributed by atoms with van der Waals surface area (Å²) in [4.78, 5) is 18.1. The van der Waals surface area contributed by atoms with Gasteiger partial charge >= 0.3 is 0 Å². The number of likely N-dealkylation sites (N-methyl/N-ethyl adjacent to an activating group) is 1. The van der Waals surface area contributed by atoms with Gasteiger partial charge in [0.2, 0.25) is 5.95 Å². The van der Waals surface area contributed by atoms with Gasteiger partial charge in [0.1, 0.15) is 11.4 Å². The summed E-state index contributed by atoms with van der Waals surface area (Å²) in [5.41, 5.74) is 4.84. The Hall–Kier alpha value is -3.55. The maximum Gasteiger partial charge on any atom is 0.229 e. The minimum atomic E-state index is 0.322. The fourth-order valence-electron chi connectivity index (χ4n) is 4.27. The summed E-state index contributed by atoms with van der Waals surface area (Å²) in [5.74, 6) is 2.27. The van der Waals surface area contributed by atoms with Crippen molar-refractivity contribution in [2.24, 2.45) is 0 Å². The summed E-state index contributed by atoms with van der Waals surface area (Å²) in [6.07, 6.45) is 7.88. The lowest BCUT2D eigenvalue weighted by Gasteiger charge is -2.39. The number of methoxy groups -OCH3 is 1. The molecule has 2 aliphatic heterocycles. The SMILES string of the molecule is C=C1C2CCCN2c2nc(Nc3ccc(-n4cnc(C)c4)c(OC)c3)ncc2N1C. The van der Waals surface area contributed by atoms with Gasteiger partial charge < -0.3 is 24.4 Å². The molecule has 0 spiro atoms. The van der Waals surface area contributed by atoms with E-state index < -0.39 is 0 Å². The molecule has 0 amide bonds. The first-order chi connectivity index (χ1) is 14.5. The third-order valence-electron chi connectivity index (χ3n) is 5.88. The van der Waals surface area contributed by atoms with E-state index in [0.717, 1.165) is 59.4 Å². The summed E-state index contributed by atoms with van der Waals surface area (Å²) in [5, 5.41) is 3.32. The van der Waals surface area contributed by atoms with E-state index >= 15 is 0 Å². The van der Waals surface area contributed by atoms with Crippen molar-refractivity contribution < 1.29 is 4.74 Å². The standard InChI is InChI=1S/C22H25N7O/c1-14-12-28(13-24-14)18-8-7-16(10-20(18)30-4)25-22-23-11-19-21(26-22)29-9-5-6-17(29)15(2)27(19)3/h7-8,10-13,17H,2,5-6,9H2,1,3-4H3,(H,23,25,26). The number of ether oxygens (including phenoxy) is 1. The van der Waals surface area contributed by atoms with Gasteiger partial charge in [-0.25, -0.2) is 9.97 Å². The fraction of sp³-hybridized carbons (Fsp3) is 0.318. The second-order valence-corrected chi connectivity index (χ2v) is 7.74. The number of nitrogens with zero attached hydrogens (tertiary/aromatic N) is 6. The molecule has 1 N–H and O–H groups in total. The van der Waals surface area contributed by atoms with Crippen LogP contribution in [-0.4, -0.2) is 46.3 Å². The Balaban J connectivity index is 1.45. The highest BCUT2D eigenvalue weighted by Gasteiger charge is 2.37. The van der Waals surface area contributed by atoms with E-state index in [4.69, 9.17) is 9.72 Å². The van der Waals surface area contributed by atoms with Gasteiger partial charge in [-0.05, 0) is 31.9 Å². The number of benzene rings is 1. The molecule has 30 heavy (non-hydrogen) atoms. The van der Waals surface area contributed by atoms with E-state index in [1.165, 1.54) is 0 Å². The molecule has 2 aliphatic rings. The highest BCUT2D eigenvalue weighted by molar-refractivity contribution is 5.75. The van der Waals surface area contributed by atoms with Crippen molar-refractivity contribution >= 4 is 23.1 Å². The van der Waals surface area contributed by atoms with Crippen LogP contribution in [0.4, 0.5) is 23.1 Å². The molecule has 1 aromatic carbocycles. The minimum absolute atomic E-state index is 0.322. The zero-order chi connectivity index (χ0) is 20.8.